The number of esters is 7. The minimum Gasteiger partial charge on any atom is -0.463 e. The summed E-state index contributed by atoms with van der Waals surface area (Å²) in [7, 11) is 0. The van der Waals surface area contributed by atoms with Crippen molar-refractivity contribution in [3.63, 3.8) is 0 Å². The van der Waals surface area contributed by atoms with E-state index >= 15 is 0 Å². The van der Waals surface area contributed by atoms with Crippen molar-refractivity contribution in [2.45, 2.75) is 110 Å². The first kappa shape index (κ1) is 36.3. The Bertz CT molecular complexity index is 1090. The molecule has 18 heteroatoms. The monoisotopic (exact) mass is 636 g/mol. The van der Waals surface area contributed by atoms with Crippen LogP contribution in [0.4, 0.5) is 0 Å². The highest BCUT2D eigenvalue weighted by atomic mass is 16.8. The van der Waals surface area contributed by atoms with Gasteiger partial charge in [0.05, 0.1) is 6.61 Å². The van der Waals surface area contributed by atoms with E-state index in [1.165, 1.54) is 0 Å². The maximum absolute atomic E-state index is 12.1. The van der Waals surface area contributed by atoms with Gasteiger partial charge in [0.2, 0.25) is 12.6 Å². The molecule has 1 N–H and O–H groups in total. The fraction of sp³-hybridized carbons (Fsp3) is 0.731. The number of ether oxygens (including phenoxy) is 10. The Labute approximate surface area is 251 Å². The zero-order valence-corrected chi connectivity index (χ0v) is 25.1. The molecule has 0 bridgehead atoms. The summed E-state index contributed by atoms with van der Waals surface area (Å²) in [6.45, 7) is 5.85. The Morgan fingerprint density at radius 2 is 0.795 bits per heavy atom. The van der Waals surface area contributed by atoms with Crippen molar-refractivity contribution in [1.29, 1.82) is 0 Å². The molecule has 0 saturated carbocycles. The van der Waals surface area contributed by atoms with Gasteiger partial charge in [0.1, 0.15) is 18.8 Å². The molecule has 10 atom stereocenters. The first-order chi connectivity index (χ1) is 20.5. The number of carbonyl (C=O) groups excluding carboxylic acids is 7. The lowest BCUT2D eigenvalue weighted by Crippen LogP contribution is -2.66. The molecule has 248 valence electrons. The smallest absolute Gasteiger partial charge is 0.303 e. The molecule has 0 amide bonds. The molecule has 2 fully saturated rings. The zero-order valence-electron chi connectivity index (χ0n) is 25.1. The van der Waals surface area contributed by atoms with Crippen molar-refractivity contribution in [3.05, 3.63) is 0 Å². The second-order valence-corrected chi connectivity index (χ2v) is 9.65. The van der Waals surface area contributed by atoms with Crippen LogP contribution in [0, 0.1) is 0 Å². The van der Waals surface area contributed by atoms with Crippen molar-refractivity contribution >= 4 is 41.8 Å². The van der Waals surface area contributed by atoms with Gasteiger partial charge in [-0.15, -0.1) is 0 Å². The normalized spacial score (nSPS) is 31.5. The quantitative estimate of drug-likeness (QED) is 0.203. The van der Waals surface area contributed by atoms with Gasteiger partial charge in [0.15, 0.2) is 36.6 Å². The maximum Gasteiger partial charge on any atom is 0.303 e. The molecule has 0 aromatic carbocycles. The third-order valence-corrected chi connectivity index (χ3v) is 5.89. The van der Waals surface area contributed by atoms with Gasteiger partial charge in [0, 0.05) is 48.5 Å². The van der Waals surface area contributed by atoms with Crippen LogP contribution in [-0.2, 0) is 80.9 Å². The van der Waals surface area contributed by atoms with Gasteiger partial charge < -0.3 is 52.5 Å². The fourth-order valence-electron chi connectivity index (χ4n) is 4.54. The Balaban J connectivity index is 2.63. The van der Waals surface area contributed by atoms with E-state index in [1.807, 2.05) is 0 Å². The molecule has 0 aromatic rings. The summed E-state index contributed by atoms with van der Waals surface area (Å²) >= 11 is 0. The van der Waals surface area contributed by atoms with Crippen LogP contribution in [0.3, 0.4) is 0 Å². The van der Waals surface area contributed by atoms with Gasteiger partial charge in [-0.2, -0.15) is 0 Å². The molecule has 0 aromatic heterocycles. The molecule has 2 rings (SSSR count). The first-order valence-electron chi connectivity index (χ1n) is 13.3. The minimum atomic E-state index is -1.80. The Morgan fingerprint density at radius 1 is 0.477 bits per heavy atom. The van der Waals surface area contributed by atoms with Gasteiger partial charge in [-0.1, -0.05) is 0 Å². The summed E-state index contributed by atoms with van der Waals surface area (Å²) in [5.41, 5.74) is 0. The van der Waals surface area contributed by atoms with Crippen LogP contribution < -0.4 is 0 Å². The highest BCUT2D eigenvalue weighted by Crippen LogP contribution is 2.35. The standard InChI is InChI=1S/C26H36O18/c1-10(28)35-9-18-20(37-12(3)30)22(39-14(5)32)24(41-16(7)34)26(43-18)44-25-23(40-15(6)33)21(38-13(4)31)19(36-11(2)29)17(8-27)42-25/h17-27H,8-9H2,1-7H3/t17-,18-,19-,20-,21+,22+,23-,24-,25-,26-/m1/s1. The van der Waals surface area contributed by atoms with Crippen molar-refractivity contribution in [2.24, 2.45) is 0 Å². The highest BCUT2D eigenvalue weighted by molar-refractivity contribution is 5.69. The first-order valence-corrected chi connectivity index (χ1v) is 13.3. The average Bonchev–Trinajstić information content (AvgIpc) is 2.87. The molecular formula is C26H36O18. The Kier molecular flexibility index (Phi) is 13.4. The van der Waals surface area contributed by atoms with E-state index in [0.29, 0.717) is 0 Å². The van der Waals surface area contributed by atoms with Crippen LogP contribution in [0.2, 0.25) is 0 Å². The molecule has 0 unspecified atom stereocenters. The third kappa shape index (κ3) is 10.4. The highest BCUT2D eigenvalue weighted by Gasteiger charge is 2.57. The number of hydrogen-bond acceptors (Lipinski definition) is 18. The van der Waals surface area contributed by atoms with E-state index in [2.05, 4.69) is 0 Å². The van der Waals surface area contributed by atoms with Crippen molar-refractivity contribution < 1.29 is 86.0 Å². The van der Waals surface area contributed by atoms with Gasteiger partial charge in [-0.25, -0.2) is 0 Å². The van der Waals surface area contributed by atoms with E-state index in [1.54, 1.807) is 0 Å². The van der Waals surface area contributed by atoms with Gasteiger partial charge in [-0.05, 0) is 0 Å². The van der Waals surface area contributed by atoms with E-state index in [4.69, 9.17) is 47.4 Å². The van der Waals surface area contributed by atoms with E-state index in [-0.39, 0.29) is 0 Å². The summed E-state index contributed by atoms with van der Waals surface area (Å²) in [6.07, 6.45) is -16.0. The second kappa shape index (κ2) is 16.3. The number of hydrogen-bond donors (Lipinski definition) is 1. The zero-order chi connectivity index (χ0) is 33.3. The van der Waals surface area contributed by atoms with Crippen LogP contribution in [0.15, 0.2) is 0 Å². The molecule has 2 aliphatic heterocycles. The number of rotatable bonds is 11. The number of carbonyl (C=O) groups is 7. The lowest BCUT2D eigenvalue weighted by atomic mass is 9.97. The Hall–Kier alpha value is -3.87. The molecule has 2 saturated heterocycles. The minimum absolute atomic E-state index is 0.569. The van der Waals surface area contributed by atoms with Crippen LogP contribution in [0.1, 0.15) is 48.5 Å². The van der Waals surface area contributed by atoms with E-state index in [0.717, 1.165) is 48.5 Å². The predicted molar refractivity (Wildman–Crippen MR) is 135 cm³/mol. The van der Waals surface area contributed by atoms with Crippen molar-refractivity contribution in [2.75, 3.05) is 13.2 Å². The molecule has 44 heavy (non-hydrogen) atoms. The topological polar surface area (TPSA) is 232 Å². The fourth-order valence-corrected chi connectivity index (χ4v) is 4.54. The van der Waals surface area contributed by atoms with Crippen LogP contribution in [-0.4, -0.2) is 122 Å². The van der Waals surface area contributed by atoms with Crippen molar-refractivity contribution in [1.82, 2.24) is 0 Å². The van der Waals surface area contributed by atoms with Crippen LogP contribution >= 0.6 is 0 Å². The maximum atomic E-state index is 12.1. The van der Waals surface area contributed by atoms with Gasteiger partial charge in [0.25, 0.3) is 0 Å². The Morgan fingerprint density at radius 3 is 1.14 bits per heavy atom. The van der Waals surface area contributed by atoms with E-state index < -0.39 is 116 Å². The summed E-state index contributed by atoms with van der Waals surface area (Å²) in [6, 6.07) is 0. The third-order valence-electron chi connectivity index (χ3n) is 5.89. The number of aliphatic hydroxyl groups excluding tert-OH is 1. The molecule has 0 aliphatic carbocycles. The van der Waals surface area contributed by atoms with Crippen LogP contribution in [0.25, 0.3) is 0 Å². The summed E-state index contributed by atoms with van der Waals surface area (Å²) < 4.78 is 54.5. The van der Waals surface area contributed by atoms with E-state index in [9.17, 15) is 38.7 Å². The lowest BCUT2D eigenvalue weighted by Gasteiger charge is -2.48. The molecule has 2 heterocycles. The SMILES string of the molecule is CC(=O)OC[C@H]1O[C@H](O[C@H]2O[C@H](CO)[C@@H](OC(C)=O)[C@H](OC(C)=O)[C@H]2OC(C)=O)[C@H](OC(C)=O)[C@@H](OC(C)=O)[C@@H]1OC(C)=O. The molecule has 18 nitrogen and oxygen atoms in total. The molecule has 0 radical (unpaired) electrons. The van der Waals surface area contributed by atoms with Crippen molar-refractivity contribution in [3.8, 4) is 0 Å². The second-order valence-electron chi connectivity index (χ2n) is 9.65. The average molecular weight is 637 g/mol. The largest absolute Gasteiger partial charge is 0.463 e. The molecule has 0 spiro atoms. The molecular weight excluding hydrogens is 600 g/mol. The number of aliphatic hydroxyl groups is 1. The van der Waals surface area contributed by atoms with Crippen LogP contribution in [0.5, 0.6) is 0 Å². The molecule has 2 aliphatic rings. The lowest BCUT2D eigenvalue weighted by molar-refractivity contribution is -0.377. The summed E-state index contributed by atoms with van der Waals surface area (Å²) in [5.74, 6) is -6.11. The van der Waals surface area contributed by atoms with Gasteiger partial charge >= 0.3 is 41.8 Å². The summed E-state index contributed by atoms with van der Waals surface area (Å²) in [5, 5.41) is 10.0. The van der Waals surface area contributed by atoms with Gasteiger partial charge in [-0.3, -0.25) is 33.6 Å². The summed E-state index contributed by atoms with van der Waals surface area (Å²) in [4.78, 5) is 83.8. The predicted octanol–water partition coefficient (Wildman–Crippen LogP) is -1.40.